The van der Waals surface area contributed by atoms with Crippen LogP contribution >= 0.6 is 0 Å². The summed E-state index contributed by atoms with van der Waals surface area (Å²) in [5, 5.41) is 11.6. The van der Waals surface area contributed by atoms with Crippen molar-refractivity contribution in [2.24, 2.45) is 34.0 Å². The summed E-state index contributed by atoms with van der Waals surface area (Å²) in [6, 6.07) is 0. The van der Waals surface area contributed by atoms with Crippen LogP contribution in [0.15, 0.2) is 16.9 Å². The molecule has 1 aromatic rings. The van der Waals surface area contributed by atoms with Crippen LogP contribution in [-0.2, 0) is 11.8 Å². The highest BCUT2D eigenvalue weighted by Gasteiger charge is 2.67. The van der Waals surface area contributed by atoms with E-state index in [4.69, 9.17) is 4.42 Å². The van der Waals surface area contributed by atoms with Crippen LogP contribution in [0, 0.1) is 34.0 Å². The molecule has 0 unspecified atom stereocenters. The molecule has 0 spiro atoms. The van der Waals surface area contributed by atoms with Crippen LogP contribution in [-0.4, -0.2) is 11.2 Å². The summed E-state index contributed by atoms with van der Waals surface area (Å²) >= 11 is 0. The Morgan fingerprint density at radius 2 is 1.63 bits per heavy atom. The lowest BCUT2D eigenvalue weighted by Crippen LogP contribution is -2.66. The van der Waals surface area contributed by atoms with Crippen molar-refractivity contribution < 1.29 is 9.52 Å². The largest absolute Gasteiger partial charge is 0.472 e. The zero-order chi connectivity index (χ0) is 19.2. The van der Waals surface area contributed by atoms with Gasteiger partial charge in [0.05, 0.1) is 18.6 Å². The molecule has 4 aliphatic carbocycles. The molecule has 0 saturated heterocycles. The van der Waals surface area contributed by atoms with Gasteiger partial charge in [-0.25, -0.2) is 0 Å². The van der Waals surface area contributed by atoms with Crippen LogP contribution in [0.1, 0.15) is 90.7 Å². The second-order valence-corrected chi connectivity index (χ2v) is 11.9. The van der Waals surface area contributed by atoms with Gasteiger partial charge < -0.3 is 9.52 Å². The van der Waals surface area contributed by atoms with E-state index in [0.29, 0.717) is 28.1 Å². The number of hydrogen-bond acceptors (Lipinski definition) is 2. The Balaban J connectivity index is 1.61. The van der Waals surface area contributed by atoms with Crippen molar-refractivity contribution in [3.8, 4) is 0 Å². The third-order valence-electron chi connectivity index (χ3n) is 10.5. The third-order valence-corrected chi connectivity index (χ3v) is 10.5. The average molecular weight is 371 g/mol. The molecule has 1 N–H and O–H groups in total. The van der Waals surface area contributed by atoms with E-state index in [1.165, 1.54) is 49.7 Å². The van der Waals surface area contributed by atoms with Gasteiger partial charge >= 0.3 is 0 Å². The topological polar surface area (TPSA) is 33.4 Å². The minimum absolute atomic E-state index is 0.140. The van der Waals surface area contributed by atoms with E-state index in [2.05, 4.69) is 34.6 Å². The molecule has 0 aromatic carbocycles. The van der Waals surface area contributed by atoms with E-state index in [1.54, 1.807) is 0 Å². The van der Waals surface area contributed by atoms with E-state index >= 15 is 0 Å². The number of aryl methyl sites for hydroxylation is 1. The Labute approximate surface area is 165 Å². The van der Waals surface area contributed by atoms with Gasteiger partial charge in [0.15, 0.2) is 0 Å². The molecule has 3 fully saturated rings. The standard InChI is InChI=1S/C25H38O2/c1-22(2)10-6-11-23(3)18(22)9-12-24(4)19-8-7-16-14-27-15-17(16)25(19,5)21(26)13-20(23)24/h14-15,18-21,26H,6-13H2,1-5H3/t18-,19-,20+,21-,23-,24-,25+/m0/s1. The number of aliphatic hydroxyl groups is 1. The highest BCUT2D eigenvalue weighted by molar-refractivity contribution is 5.38. The summed E-state index contributed by atoms with van der Waals surface area (Å²) in [5.74, 6) is 2.01. The molecule has 27 heavy (non-hydrogen) atoms. The second-order valence-electron chi connectivity index (χ2n) is 11.9. The van der Waals surface area contributed by atoms with Gasteiger partial charge in [0, 0.05) is 11.0 Å². The van der Waals surface area contributed by atoms with Crippen LogP contribution in [0.2, 0.25) is 0 Å². The van der Waals surface area contributed by atoms with Gasteiger partial charge in [-0.05, 0) is 84.5 Å². The van der Waals surface area contributed by atoms with Crippen molar-refractivity contribution in [3.05, 3.63) is 23.7 Å². The van der Waals surface area contributed by atoms with Crippen molar-refractivity contribution in [3.63, 3.8) is 0 Å². The summed E-state index contributed by atoms with van der Waals surface area (Å²) in [6.45, 7) is 12.6. The van der Waals surface area contributed by atoms with Gasteiger partial charge in [-0.2, -0.15) is 0 Å². The number of hydrogen-bond donors (Lipinski definition) is 1. The molecule has 1 heterocycles. The summed E-state index contributed by atoms with van der Waals surface area (Å²) in [5.41, 5.74) is 3.68. The lowest BCUT2D eigenvalue weighted by Gasteiger charge is -2.69. The Morgan fingerprint density at radius 3 is 2.41 bits per heavy atom. The van der Waals surface area contributed by atoms with E-state index < -0.39 is 0 Å². The molecule has 0 amide bonds. The van der Waals surface area contributed by atoms with Crippen molar-refractivity contribution in [1.29, 1.82) is 0 Å². The molecule has 2 nitrogen and oxygen atoms in total. The van der Waals surface area contributed by atoms with Gasteiger partial charge in [0.25, 0.3) is 0 Å². The fourth-order valence-electron chi connectivity index (χ4n) is 9.31. The van der Waals surface area contributed by atoms with Crippen LogP contribution < -0.4 is 0 Å². The maximum atomic E-state index is 11.6. The average Bonchev–Trinajstić information content (AvgIpc) is 3.06. The van der Waals surface area contributed by atoms with Gasteiger partial charge in [-0.15, -0.1) is 0 Å². The number of aliphatic hydroxyl groups excluding tert-OH is 1. The Morgan fingerprint density at radius 1 is 0.889 bits per heavy atom. The maximum absolute atomic E-state index is 11.6. The molecule has 2 heteroatoms. The summed E-state index contributed by atoms with van der Waals surface area (Å²) in [7, 11) is 0. The Bertz CT molecular complexity index is 747. The molecule has 5 rings (SSSR count). The molecular weight excluding hydrogens is 332 g/mol. The van der Waals surface area contributed by atoms with Crippen molar-refractivity contribution in [2.75, 3.05) is 0 Å². The zero-order valence-corrected chi connectivity index (χ0v) is 18.0. The molecule has 7 atom stereocenters. The lowest BCUT2D eigenvalue weighted by molar-refractivity contribution is -0.207. The van der Waals surface area contributed by atoms with E-state index in [-0.39, 0.29) is 11.5 Å². The first-order valence-corrected chi connectivity index (χ1v) is 11.4. The highest BCUT2D eigenvalue weighted by atomic mass is 16.3. The van der Waals surface area contributed by atoms with Crippen LogP contribution in [0.3, 0.4) is 0 Å². The summed E-state index contributed by atoms with van der Waals surface area (Å²) < 4.78 is 5.62. The molecular formula is C25H38O2. The molecule has 0 radical (unpaired) electrons. The first-order chi connectivity index (χ1) is 12.6. The minimum Gasteiger partial charge on any atom is -0.472 e. The fraction of sp³-hybridized carbons (Fsp3) is 0.840. The quantitative estimate of drug-likeness (QED) is 0.597. The predicted molar refractivity (Wildman–Crippen MR) is 109 cm³/mol. The zero-order valence-electron chi connectivity index (χ0n) is 18.0. The Hall–Kier alpha value is -0.760. The van der Waals surface area contributed by atoms with E-state index in [9.17, 15) is 5.11 Å². The lowest BCUT2D eigenvalue weighted by atomic mass is 9.35. The van der Waals surface area contributed by atoms with Gasteiger partial charge in [-0.1, -0.05) is 41.0 Å². The number of fused-ring (bicyclic) bond motifs is 7. The first kappa shape index (κ1) is 18.3. The highest BCUT2D eigenvalue weighted by Crippen LogP contribution is 2.72. The molecule has 0 bridgehead atoms. The first-order valence-electron chi connectivity index (χ1n) is 11.4. The maximum Gasteiger partial charge on any atom is 0.0944 e. The molecule has 1 aromatic heterocycles. The molecule has 150 valence electrons. The Kier molecular flexibility index (Phi) is 3.68. The molecule has 0 aliphatic heterocycles. The van der Waals surface area contributed by atoms with Crippen LogP contribution in [0.25, 0.3) is 0 Å². The molecule has 3 saturated carbocycles. The third kappa shape index (κ3) is 2.12. The number of rotatable bonds is 0. The smallest absolute Gasteiger partial charge is 0.0944 e. The molecule has 4 aliphatic rings. The number of furan rings is 1. The van der Waals surface area contributed by atoms with E-state index in [1.807, 2.05) is 12.5 Å². The van der Waals surface area contributed by atoms with Crippen molar-refractivity contribution >= 4 is 0 Å². The van der Waals surface area contributed by atoms with Gasteiger partial charge in [-0.3, -0.25) is 0 Å². The minimum atomic E-state index is -0.252. The summed E-state index contributed by atoms with van der Waals surface area (Å²) in [4.78, 5) is 0. The predicted octanol–water partition coefficient (Wildman–Crippen LogP) is 6.11. The monoisotopic (exact) mass is 370 g/mol. The van der Waals surface area contributed by atoms with Crippen molar-refractivity contribution in [1.82, 2.24) is 0 Å². The normalized spacial score (nSPS) is 50.9. The summed E-state index contributed by atoms with van der Waals surface area (Å²) in [6.07, 6.45) is 13.7. The van der Waals surface area contributed by atoms with Gasteiger partial charge in [0.1, 0.15) is 0 Å². The van der Waals surface area contributed by atoms with E-state index in [0.717, 1.165) is 18.8 Å². The SMILES string of the molecule is CC1(C)CCC[C@]2(C)[C@H]3C[C@H](O)[C@]4(C)c5cocc5CC[C@H]4[C@]3(C)CC[C@@H]12. The second kappa shape index (κ2) is 5.43. The fourth-order valence-corrected chi connectivity index (χ4v) is 9.31. The van der Waals surface area contributed by atoms with Gasteiger partial charge in [0.2, 0.25) is 0 Å². The van der Waals surface area contributed by atoms with Crippen LogP contribution in [0.5, 0.6) is 0 Å². The van der Waals surface area contributed by atoms with Crippen molar-refractivity contribution in [2.45, 2.75) is 97.5 Å². The van der Waals surface area contributed by atoms with Crippen LogP contribution in [0.4, 0.5) is 0 Å².